The van der Waals surface area contributed by atoms with Crippen molar-refractivity contribution in [2.45, 2.75) is 39.5 Å². The van der Waals surface area contributed by atoms with E-state index in [1.165, 1.54) is 16.7 Å². The highest BCUT2D eigenvalue weighted by Gasteiger charge is 2.14. The summed E-state index contributed by atoms with van der Waals surface area (Å²) >= 11 is 0. The molecule has 0 aromatic heterocycles. The molecular weight excluding hydrogens is 226 g/mol. The van der Waals surface area contributed by atoms with Gasteiger partial charge in [0.25, 0.3) is 0 Å². The first kappa shape index (κ1) is 14.7. The Morgan fingerprint density at radius 3 is 2.50 bits per heavy atom. The quantitative estimate of drug-likeness (QED) is 0.833. The molecular formula is C15H23NO2. The molecule has 0 unspecified atom stereocenters. The maximum Gasteiger partial charge on any atom is 0.319 e. The molecule has 2 N–H and O–H groups in total. The van der Waals surface area contributed by atoms with Gasteiger partial charge in [0.15, 0.2) is 0 Å². The van der Waals surface area contributed by atoms with E-state index in [2.05, 4.69) is 45.9 Å². The average Bonchev–Trinajstić information content (AvgIpc) is 2.29. The minimum Gasteiger partial charge on any atom is -0.464 e. The Morgan fingerprint density at radius 1 is 1.33 bits per heavy atom. The molecule has 18 heavy (non-hydrogen) atoms. The number of carbonyl (C=O) groups is 1. The third-order valence-corrected chi connectivity index (χ3v) is 3.01. The lowest BCUT2D eigenvalue weighted by atomic mass is 9.85. The Kier molecular flexibility index (Phi) is 4.91. The summed E-state index contributed by atoms with van der Waals surface area (Å²) in [6.45, 7) is 9.03. The number of hydrogen-bond donors (Lipinski definition) is 1. The van der Waals surface area contributed by atoms with Crippen LogP contribution < -0.4 is 5.73 Å². The smallest absolute Gasteiger partial charge is 0.319 e. The van der Waals surface area contributed by atoms with E-state index in [9.17, 15) is 4.79 Å². The molecule has 1 rings (SSSR count). The number of esters is 1. The lowest BCUT2D eigenvalue weighted by Gasteiger charge is -2.20. The predicted octanol–water partition coefficient (Wildman–Crippen LogP) is 2.34. The lowest BCUT2D eigenvalue weighted by Crippen LogP contribution is -2.18. The van der Waals surface area contributed by atoms with Gasteiger partial charge in [-0.15, -0.1) is 0 Å². The van der Waals surface area contributed by atoms with Crippen molar-refractivity contribution in [3.8, 4) is 0 Å². The van der Waals surface area contributed by atoms with Gasteiger partial charge in [0.1, 0.15) is 0 Å². The zero-order chi connectivity index (χ0) is 13.8. The highest BCUT2D eigenvalue weighted by Crippen LogP contribution is 2.24. The molecule has 0 bridgehead atoms. The Morgan fingerprint density at radius 2 is 2.00 bits per heavy atom. The average molecular weight is 249 g/mol. The van der Waals surface area contributed by atoms with Crippen LogP contribution in [0, 0.1) is 6.92 Å². The fourth-order valence-corrected chi connectivity index (χ4v) is 1.78. The van der Waals surface area contributed by atoms with Crippen LogP contribution >= 0.6 is 0 Å². The summed E-state index contributed by atoms with van der Waals surface area (Å²) in [5, 5.41) is 0. The molecule has 0 heterocycles. The molecule has 0 spiro atoms. The van der Waals surface area contributed by atoms with Gasteiger partial charge in [0, 0.05) is 6.42 Å². The van der Waals surface area contributed by atoms with E-state index in [4.69, 9.17) is 10.5 Å². The summed E-state index contributed by atoms with van der Waals surface area (Å²) in [5.41, 5.74) is 9.12. The number of hydrogen-bond acceptors (Lipinski definition) is 3. The van der Waals surface area contributed by atoms with Gasteiger partial charge < -0.3 is 10.5 Å². The maximum absolute atomic E-state index is 10.9. The van der Waals surface area contributed by atoms with Gasteiger partial charge >= 0.3 is 5.97 Å². The first-order valence-corrected chi connectivity index (χ1v) is 6.30. The zero-order valence-corrected chi connectivity index (χ0v) is 11.7. The van der Waals surface area contributed by atoms with Gasteiger partial charge in [-0.3, -0.25) is 4.79 Å². The third-order valence-electron chi connectivity index (χ3n) is 3.01. The fraction of sp³-hybridized carbons (Fsp3) is 0.533. The standard InChI is InChI=1S/C15H23NO2/c1-11-9-13(15(2,3)4)6-5-12(11)7-8-18-14(17)10-16/h5-6,9H,7-8,10,16H2,1-4H3. The van der Waals surface area contributed by atoms with Crippen molar-refractivity contribution < 1.29 is 9.53 Å². The summed E-state index contributed by atoms with van der Waals surface area (Å²) in [4.78, 5) is 10.9. The van der Waals surface area contributed by atoms with Crippen molar-refractivity contribution in [3.63, 3.8) is 0 Å². The second-order valence-corrected chi connectivity index (χ2v) is 5.57. The Balaban J connectivity index is 2.66. The molecule has 0 saturated heterocycles. The monoisotopic (exact) mass is 249 g/mol. The first-order chi connectivity index (χ1) is 8.34. The van der Waals surface area contributed by atoms with E-state index in [-0.39, 0.29) is 17.9 Å². The fourth-order valence-electron chi connectivity index (χ4n) is 1.78. The Hall–Kier alpha value is -1.35. The summed E-state index contributed by atoms with van der Waals surface area (Å²) in [6.07, 6.45) is 0.738. The Labute approximate surface area is 109 Å². The van der Waals surface area contributed by atoms with E-state index in [0.29, 0.717) is 6.61 Å². The number of benzene rings is 1. The Bertz CT molecular complexity index is 419. The highest BCUT2D eigenvalue weighted by atomic mass is 16.5. The van der Waals surface area contributed by atoms with Crippen LogP contribution in [0.4, 0.5) is 0 Å². The van der Waals surface area contributed by atoms with E-state index < -0.39 is 0 Å². The predicted molar refractivity (Wildman–Crippen MR) is 73.6 cm³/mol. The van der Waals surface area contributed by atoms with Crippen LogP contribution in [-0.4, -0.2) is 19.1 Å². The summed E-state index contributed by atoms with van der Waals surface area (Å²) in [7, 11) is 0. The van der Waals surface area contributed by atoms with Gasteiger partial charge in [0.2, 0.25) is 0 Å². The van der Waals surface area contributed by atoms with Crippen molar-refractivity contribution in [2.75, 3.05) is 13.2 Å². The normalized spacial score (nSPS) is 11.4. The molecule has 0 fully saturated rings. The van der Waals surface area contributed by atoms with Crippen LogP contribution in [0.2, 0.25) is 0 Å². The molecule has 3 nitrogen and oxygen atoms in total. The molecule has 100 valence electrons. The van der Waals surface area contributed by atoms with Crippen molar-refractivity contribution in [2.24, 2.45) is 5.73 Å². The third kappa shape index (κ3) is 4.15. The minimum absolute atomic E-state index is 0.0536. The number of ether oxygens (including phenoxy) is 1. The van der Waals surface area contributed by atoms with Crippen LogP contribution in [0.5, 0.6) is 0 Å². The molecule has 0 radical (unpaired) electrons. The molecule has 0 aliphatic rings. The second-order valence-electron chi connectivity index (χ2n) is 5.57. The SMILES string of the molecule is Cc1cc(C(C)(C)C)ccc1CCOC(=O)CN. The minimum atomic E-state index is -0.348. The van der Waals surface area contributed by atoms with Crippen molar-refractivity contribution in [1.29, 1.82) is 0 Å². The molecule has 0 saturated carbocycles. The molecule has 1 aromatic rings. The van der Waals surface area contributed by atoms with Crippen LogP contribution in [0.3, 0.4) is 0 Å². The molecule has 3 heteroatoms. The van der Waals surface area contributed by atoms with Crippen LogP contribution in [-0.2, 0) is 21.4 Å². The molecule has 0 amide bonds. The van der Waals surface area contributed by atoms with Gasteiger partial charge in [-0.2, -0.15) is 0 Å². The number of nitrogens with two attached hydrogens (primary N) is 1. The number of carbonyl (C=O) groups excluding carboxylic acids is 1. The van der Waals surface area contributed by atoms with Crippen molar-refractivity contribution >= 4 is 5.97 Å². The van der Waals surface area contributed by atoms with Crippen molar-refractivity contribution in [3.05, 3.63) is 34.9 Å². The maximum atomic E-state index is 10.9. The molecule has 0 aliphatic heterocycles. The van der Waals surface area contributed by atoms with E-state index in [0.717, 1.165) is 6.42 Å². The van der Waals surface area contributed by atoms with Gasteiger partial charge in [-0.25, -0.2) is 0 Å². The van der Waals surface area contributed by atoms with E-state index in [1.54, 1.807) is 0 Å². The lowest BCUT2D eigenvalue weighted by molar-refractivity contribution is -0.141. The summed E-state index contributed by atoms with van der Waals surface area (Å²) in [6, 6.07) is 6.47. The second kappa shape index (κ2) is 6.01. The number of rotatable bonds is 4. The van der Waals surface area contributed by atoms with Gasteiger partial charge in [0.05, 0.1) is 13.2 Å². The molecule has 1 aromatic carbocycles. The van der Waals surface area contributed by atoms with Gasteiger partial charge in [-0.1, -0.05) is 39.0 Å². The van der Waals surface area contributed by atoms with Crippen molar-refractivity contribution in [1.82, 2.24) is 0 Å². The van der Waals surface area contributed by atoms with Crippen LogP contribution in [0.1, 0.15) is 37.5 Å². The van der Waals surface area contributed by atoms with Gasteiger partial charge in [-0.05, 0) is 29.0 Å². The van der Waals surface area contributed by atoms with E-state index in [1.807, 2.05) is 0 Å². The zero-order valence-electron chi connectivity index (χ0n) is 11.7. The van der Waals surface area contributed by atoms with Crippen LogP contribution in [0.25, 0.3) is 0 Å². The van der Waals surface area contributed by atoms with Crippen LogP contribution in [0.15, 0.2) is 18.2 Å². The largest absolute Gasteiger partial charge is 0.464 e. The topological polar surface area (TPSA) is 52.3 Å². The highest BCUT2D eigenvalue weighted by molar-refractivity contribution is 5.71. The summed E-state index contributed by atoms with van der Waals surface area (Å²) in [5.74, 6) is -0.348. The molecule has 0 aliphatic carbocycles. The molecule has 0 atom stereocenters. The number of aryl methyl sites for hydroxylation is 1. The summed E-state index contributed by atoms with van der Waals surface area (Å²) < 4.78 is 4.98. The first-order valence-electron chi connectivity index (χ1n) is 6.30. The van der Waals surface area contributed by atoms with E-state index >= 15 is 0 Å².